The van der Waals surface area contributed by atoms with Gasteiger partial charge in [0.2, 0.25) is 5.91 Å². The fraction of sp³-hybridized carbons (Fsp3) is 0.250. The van der Waals surface area contributed by atoms with Crippen molar-refractivity contribution in [1.29, 1.82) is 5.26 Å². The third kappa shape index (κ3) is 5.95. The van der Waals surface area contributed by atoms with E-state index in [1.54, 1.807) is 12.1 Å². The van der Waals surface area contributed by atoms with E-state index in [4.69, 9.17) is 5.73 Å². The number of anilines is 1. The molecule has 3 aromatic rings. The van der Waals surface area contributed by atoms with Gasteiger partial charge >= 0.3 is 0 Å². The highest BCUT2D eigenvalue weighted by Crippen LogP contribution is 2.21. The molecule has 0 saturated carbocycles. The highest BCUT2D eigenvalue weighted by atomic mass is 19.1. The van der Waals surface area contributed by atoms with Crippen LogP contribution in [-0.4, -0.2) is 34.7 Å². The van der Waals surface area contributed by atoms with Gasteiger partial charge in [0.25, 0.3) is 5.91 Å². The van der Waals surface area contributed by atoms with E-state index in [2.05, 4.69) is 21.8 Å². The van der Waals surface area contributed by atoms with E-state index in [0.717, 1.165) is 5.56 Å². The number of hydrogen-bond donors (Lipinski definition) is 3. The van der Waals surface area contributed by atoms with Gasteiger partial charge in [0.1, 0.15) is 23.3 Å². The fourth-order valence-corrected chi connectivity index (χ4v) is 3.34. The molecule has 9 heteroatoms. The number of nitrogens with two attached hydrogens (primary N) is 1. The van der Waals surface area contributed by atoms with E-state index < -0.39 is 0 Å². The summed E-state index contributed by atoms with van der Waals surface area (Å²) in [4.78, 5) is 24.2. The maximum Gasteiger partial charge on any atom is 0.251 e. The van der Waals surface area contributed by atoms with Crippen molar-refractivity contribution >= 4 is 17.6 Å². The van der Waals surface area contributed by atoms with Crippen LogP contribution in [0.2, 0.25) is 0 Å². The van der Waals surface area contributed by atoms with E-state index >= 15 is 0 Å². The number of nitrogens with one attached hydrogen (secondary N) is 2. The highest BCUT2D eigenvalue weighted by Gasteiger charge is 2.16. The molecule has 0 aliphatic carbocycles. The molecule has 2 amide bonds. The van der Waals surface area contributed by atoms with Crippen molar-refractivity contribution in [2.24, 2.45) is 0 Å². The second-order valence-corrected chi connectivity index (χ2v) is 7.48. The molecule has 0 fully saturated rings. The Balaban J connectivity index is 1.45. The first-order chi connectivity index (χ1) is 15.9. The number of hydrogen-bond acceptors (Lipinski definition) is 5. The molecule has 4 N–H and O–H groups in total. The molecule has 0 radical (unpaired) electrons. The monoisotopic (exact) mass is 448 g/mol. The third-order valence-corrected chi connectivity index (χ3v) is 5.12. The summed E-state index contributed by atoms with van der Waals surface area (Å²) in [6.07, 6.45) is 1.15. The number of nitrogen functional groups attached to an aromatic ring is 1. The molecule has 1 aromatic heterocycles. The van der Waals surface area contributed by atoms with Crippen LogP contribution in [0.1, 0.15) is 40.0 Å². The topological polar surface area (TPSA) is 126 Å². The minimum Gasteiger partial charge on any atom is -0.382 e. The van der Waals surface area contributed by atoms with Crippen LogP contribution in [0.25, 0.3) is 5.69 Å². The lowest BCUT2D eigenvalue weighted by Crippen LogP contribution is -2.31. The molecule has 33 heavy (non-hydrogen) atoms. The first-order valence-electron chi connectivity index (χ1n) is 10.5. The van der Waals surface area contributed by atoms with Gasteiger partial charge in [0.15, 0.2) is 0 Å². The second-order valence-electron chi connectivity index (χ2n) is 7.48. The molecule has 0 saturated heterocycles. The van der Waals surface area contributed by atoms with Crippen molar-refractivity contribution in [2.75, 3.05) is 18.8 Å². The van der Waals surface area contributed by atoms with Gasteiger partial charge in [-0.2, -0.15) is 10.4 Å². The average Bonchev–Trinajstić information content (AvgIpc) is 3.12. The van der Waals surface area contributed by atoms with Crippen LogP contribution < -0.4 is 16.4 Å². The largest absolute Gasteiger partial charge is 0.382 e. The van der Waals surface area contributed by atoms with Crippen LogP contribution in [0.4, 0.5) is 10.2 Å². The third-order valence-electron chi connectivity index (χ3n) is 5.12. The summed E-state index contributed by atoms with van der Waals surface area (Å²) in [5, 5.41) is 19.4. The van der Waals surface area contributed by atoms with Crippen molar-refractivity contribution in [3.63, 3.8) is 0 Å². The van der Waals surface area contributed by atoms with Crippen molar-refractivity contribution in [2.45, 2.75) is 26.2 Å². The predicted octanol–water partition coefficient (Wildman–Crippen LogP) is 2.64. The Bertz CT molecular complexity index is 1180. The molecule has 0 spiro atoms. The normalized spacial score (nSPS) is 10.5. The standard InChI is InChI=1S/C24H25FN6O2/c1-16-5-2-3-6-19(16)24(33)29-14-12-22(32)28-13-4-7-21-20(15-26)23(27)31(30-21)18-10-8-17(25)9-11-18/h2-3,5-6,8-11H,4,7,12-14,27H2,1H3,(H,28,32)(H,29,33). The Morgan fingerprint density at radius 1 is 1.12 bits per heavy atom. The zero-order valence-corrected chi connectivity index (χ0v) is 18.3. The molecule has 0 unspecified atom stereocenters. The molecule has 1 heterocycles. The number of rotatable bonds is 9. The number of aromatic nitrogens is 2. The van der Waals surface area contributed by atoms with Gasteiger partial charge in [0.05, 0.1) is 11.4 Å². The zero-order valence-electron chi connectivity index (χ0n) is 18.3. The number of halogens is 1. The van der Waals surface area contributed by atoms with Crippen LogP contribution in [-0.2, 0) is 11.2 Å². The van der Waals surface area contributed by atoms with Crippen LogP contribution in [0, 0.1) is 24.1 Å². The number of nitrogens with zero attached hydrogens (tertiary/aromatic N) is 3. The second kappa shape index (κ2) is 10.9. The molecule has 2 aromatic carbocycles. The minimum absolute atomic E-state index is 0.160. The van der Waals surface area contributed by atoms with Gasteiger partial charge in [-0.15, -0.1) is 0 Å². The Labute approximate surface area is 191 Å². The van der Waals surface area contributed by atoms with Gasteiger partial charge in [0, 0.05) is 25.1 Å². The van der Waals surface area contributed by atoms with Crippen LogP contribution >= 0.6 is 0 Å². The Kier molecular flexibility index (Phi) is 7.76. The van der Waals surface area contributed by atoms with Crippen molar-refractivity contribution in [1.82, 2.24) is 20.4 Å². The Morgan fingerprint density at radius 3 is 2.55 bits per heavy atom. The van der Waals surface area contributed by atoms with E-state index in [-0.39, 0.29) is 42.0 Å². The predicted molar refractivity (Wildman–Crippen MR) is 122 cm³/mol. The molecular weight excluding hydrogens is 423 g/mol. The Hall–Kier alpha value is -4.19. The van der Waals surface area contributed by atoms with E-state index in [0.29, 0.717) is 36.3 Å². The number of amides is 2. The summed E-state index contributed by atoms with van der Waals surface area (Å²) in [7, 11) is 0. The van der Waals surface area contributed by atoms with Crippen LogP contribution in [0.15, 0.2) is 48.5 Å². The molecule has 0 atom stereocenters. The minimum atomic E-state index is -0.379. The number of nitriles is 1. The highest BCUT2D eigenvalue weighted by molar-refractivity contribution is 5.95. The summed E-state index contributed by atoms with van der Waals surface area (Å²) >= 11 is 0. The molecule has 0 aliphatic rings. The first kappa shape index (κ1) is 23.5. The summed E-state index contributed by atoms with van der Waals surface area (Å²) in [5.74, 6) is -0.584. The average molecular weight is 449 g/mol. The SMILES string of the molecule is Cc1ccccc1C(=O)NCCC(=O)NCCCc1nn(-c2ccc(F)cc2)c(N)c1C#N. The molecule has 3 rings (SSSR count). The van der Waals surface area contributed by atoms with Gasteiger partial charge in [-0.1, -0.05) is 18.2 Å². The van der Waals surface area contributed by atoms with Crippen LogP contribution in [0.3, 0.4) is 0 Å². The van der Waals surface area contributed by atoms with Crippen molar-refractivity contribution in [3.05, 3.63) is 76.7 Å². The zero-order chi connectivity index (χ0) is 23.8. The maximum atomic E-state index is 13.2. The van der Waals surface area contributed by atoms with Crippen molar-refractivity contribution < 1.29 is 14.0 Å². The number of carbonyl (C=O) groups excluding carboxylic acids is 2. The van der Waals surface area contributed by atoms with Crippen molar-refractivity contribution in [3.8, 4) is 11.8 Å². The van der Waals surface area contributed by atoms with Gasteiger partial charge in [-0.3, -0.25) is 9.59 Å². The number of carbonyl (C=O) groups is 2. The lowest BCUT2D eigenvalue weighted by atomic mass is 10.1. The molecule has 8 nitrogen and oxygen atoms in total. The quantitative estimate of drug-likeness (QED) is 0.434. The Morgan fingerprint density at radius 2 is 1.85 bits per heavy atom. The van der Waals surface area contributed by atoms with Gasteiger partial charge in [-0.25, -0.2) is 9.07 Å². The van der Waals surface area contributed by atoms with E-state index in [1.807, 2.05) is 19.1 Å². The van der Waals surface area contributed by atoms with E-state index in [9.17, 15) is 19.2 Å². The summed E-state index contributed by atoms with van der Waals surface area (Å²) in [5.41, 5.74) is 8.84. The molecule has 0 bridgehead atoms. The van der Waals surface area contributed by atoms with Crippen LogP contribution in [0.5, 0.6) is 0 Å². The van der Waals surface area contributed by atoms with E-state index in [1.165, 1.54) is 28.9 Å². The fourth-order valence-electron chi connectivity index (χ4n) is 3.34. The lowest BCUT2D eigenvalue weighted by Gasteiger charge is -2.08. The number of aryl methyl sites for hydroxylation is 2. The number of benzene rings is 2. The van der Waals surface area contributed by atoms with Gasteiger partial charge in [-0.05, 0) is 55.7 Å². The smallest absolute Gasteiger partial charge is 0.251 e. The molecular formula is C24H25FN6O2. The molecule has 170 valence electrons. The first-order valence-corrected chi connectivity index (χ1v) is 10.5. The summed E-state index contributed by atoms with van der Waals surface area (Å²) in [6.45, 7) is 2.48. The molecule has 0 aliphatic heterocycles. The van der Waals surface area contributed by atoms with Gasteiger partial charge < -0.3 is 16.4 Å². The lowest BCUT2D eigenvalue weighted by molar-refractivity contribution is -0.120. The summed E-state index contributed by atoms with van der Waals surface area (Å²) < 4.78 is 14.6. The summed E-state index contributed by atoms with van der Waals surface area (Å²) in [6, 6.07) is 15.0. The maximum absolute atomic E-state index is 13.2.